The predicted octanol–water partition coefficient (Wildman–Crippen LogP) is 0.649. The number of rotatable bonds is 33. The van der Waals surface area contributed by atoms with Crippen molar-refractivity contribution in [2.24, 2.45) is 23.3 Å². The molecule has 0 bridgehead atoms. The van der Waals surface area contributed by atoms with Gasteiger partial charge in [-0.25, -0.2) is 4.79 Å². The van der Waals surface area contributed by atoms with Crippen molar-refractivity contribution in [1.82, 2.24) is 47.5 Å². The number of carboxylic acids is 1. The van der Waals surface area contributed by atoms with Gasteiger partial charge in [0.05, 0.1) is 18.7 Å². The van der Waals surface area contributed by atoms with Crippen LogP contribution in [0.5, 0.6) is 0 Å². The van der Waals surface area contributed by atoms with Crippen molar-refractivity contribution in [3.63, 3.8) is 0 Å². The predicted molar refractivity (Wildman–Crippen MR) is 302 cm³/mol. The van der Waals surface area contributed by atoms with Gasteiger partial charge in [0.25, 0.3) is 0 Å². The van der Waals surface area contributed by atoms with Crippen molar-refractivity contribution in [2.75, 3.05) is 18.8 Å². The van der Waals surface area contributed by atoms with E-state index in [1.165, 1.54) is 6.92 Å². The Morgan fingerprint density at radius 3 is 1.61 bits per heavy atom. The number of benzene rings is 3. The lowest BCUT2D eigenvalue weighted by molar-refractivity contribution is -0.143. The van der Waals surface area contributed by atoms with Crippen LogP contribution in [-0.4, -0.2) is 142 Å². The SMILES string of the molecule is CC(C)C[C@H](NC(=O)[C@H](CCCCN)NC(=O)[C@H](Cc1ccccc1)NC(=O)[C@H](CS)NC(=O)[C@H](Cc1c[nH]c2ccccc12)NC(=O)CNC(=O)[C@H](Cc1ccccc1)NC(=O)[C@@H](NC(=O)[C@@H](N)CC(C)C)[C@@H](C)O)C(=O)O. The molecular formula is C56H79N11O11S. The molecule has 0 spiro atoms. The maximum absolute atomic E-state index is 14.4. The highest BCUT2D eigenvalue weighted by atomic mass is 32.1. The summed E-state index contributed by atoms with van der Waals surface area (Å²) >= 11 is 4.38. The maximum Gasteiger partial charge on any atom is 0.326 e. The van der Waals surface area contributed by atoms with Crippen molar-refractivity contribution in [3.05, 3.63) is 108 Å². The van der Waals surface area contributed by atoms with E-state index in [1.807, 2.05) is 45.9 Å². The molecule has 15 N–H and O–H groups in total. The van der Waals surface area contributed by atoms with E-state index in [2.05, 4.69) is 60.1 Å². The zero-order chi connectivity index (χ0) is 58.2. The molecule has 0 aliphatic heterocycles. The van der Waals surface area contributed by atoms with Crippen molar-refractivity contribution in [1.29, 1.82) is 0 Å². The number of aromatic amines is 1. The van der Waals surface area contributed by atoms with Crippen LogP contribution in [-0.2, 0) is 62.4 Å². The first-order chi connectivity index (χ1) is 37.6. The second-order valence-electron chi connectivity index (χ2n) is 20.5. The molecule has 3 aromatic carbocycles. The van der Waals surface area contributed by atoms with Crippen LogP contribution in [0.2, 0.25) is 0 Å². The number of aromatic nitrogens is 1. The summed E-state index contributed by atoms with van der Waals surface area (Å²) < 4.78 is 0. The second kappa shape index (κ2) is 32.5. The minimum absolute atomic E-state index is 0.0560. The van der Waals surface area contributed by atoms with Gasteiger partial charge < -0.3 is 69.2 Å². The number of hydrogen-bond donors (Lipinski definition) is 14. The number of carbonyl (C=O) groups excluding carboxylic acids is 8. The first kappa shape index (κ1) is 64.2. The van der Waals surface area contributed by atoms with Gasteiger partial charge in [-0.1, -0.05) is 107 Å². The highest BCUT2D eigenvalue weighted by molar-refractivity contribution is 7.80. The molecule has 0 unspecified atom stereocenters. The van der Waals surface area contributed by atoms with E-state index in [-0.39, 0.29) is 49.7 Å². The third kappa shape index (κ3) is 21.4. The van der Waals surface area contributed by atoms with Crippen LogP contribution >= 0.6 is 12.6 Å². The normalized spacial score (nSPS) is 14.7. The number of H-pyrrole nitrogens is 1. The summed E-state index contributed by atoms with van der Waals surface area (Å²) in [7, 11) is 0. The van der Waals surface area contributed by atoms with Gasteiger partial charge >= 0.3 is 5.97 Å². The minimum Gasteiger partial charge on any atom is -0.480 e. The third-order valence-corrected chi connectivity index (χ3v) is 13.2. The standard InChI is InChI=1S/C56H79N11O11S/c1-32(2)24-39(58)49(70)67-48(34(5)68)55(76)64-42(26-35-16-8-6-9-17-35)50(71)60-30-47(69)61-44(28-37-29-59-40-21-13-12-20-38(37)40)53(74)66-46(31-79)54(75)63-43(27-36-18-10-7-11-19-36)52(73)62-41(22-14-15-23-57)51(72)65-45(56(77)78)25-33(3)4/h6-13,16-21,29,32-34,39,41-46,48,59,68,79H,14-15,22-28,30-31,57-58H2,1-5H3,(H,60,71)(H,61,69)(H,62,73)(H,63,75)(H,64,76)(H,65,72)(H,66,74)(H,67,70)(H,77,78)/t34-,39+,41+,42+,43+,44+,45+,46+,48+/m1/s1. The quantitative estimate of drug-likeness (QED) is 0.0231. The van der Waals surface area contributed by atoms with Crippen LogP contribution in [0.4, 0.5) is 0 Å². The Hall–Kier alpha value is -7.34. The van der Waals surface area contributed by atoms with Gasteiger partial charge in [-0.2, -0.15) is 12.6 Å². The van der Waals surface area contributed by atoms with Gasteiger partial charge in [0.15, 0.2) is 0 Å². The third-order valence-electron chi connectivity index (χ3n) is 12.8. The number of carboxylic acid groups (broad SMARTS) is 1. The molecule has 9 atom stereocenters. The molecule has 22 nitrogen and oxygen atoms in total. The first-order valence-electron chi connectivity index (χ1n) is 26.6. The minimum atomic E-state index is -1.49. The van der Waals surface area contributed by atoms with Crippen LogP contribution < -0.4 is 54.0 Å². The first-order valence-corrected chi connectivity index (χ1v) is 27.2. The molecule has 23 heteroatoms. The second-order valence-corrected chi connectivity index (χ2v) is 20.8. The van der Waals surface area contributed by atoms with Gasteiger partial charge in [0, 0.05) is 42.1 Å². The fourth-order valence-electron chi connectivity index (χ4n) is 8.66. The molecule has 0 aliphatic carbocycles. The molecule has 430 valence electrons. The number of nitrogens with two attached hydrogens (primary N) is 2. The molecule has 0 fully saturated rings. The monoisotopic (exact) mass is 1110 g/mol. The highest BCUT2D eigenvalue weighted by Crippen LogP contribution is 2.20. The average Bonchev–Trinajstić information content (AvgIpc) is 3.89. The number of nitrogens with one attached hydrogen (secondary N) is 9. The number of aliphatic hydroxyl groups excluding tert-OH is 1. The lowest BCUT2D eigenvalue weighted by atomic mass is 10.0. The highest BCUT2D eigenvalue weighted by Gasteiger charge is 2.35. The van der Waals surface area contributed by atoms with E-state index < -0.39 is 114 Å². The van der Waals surface area contributed by atoms with Gasteiger partial charge in [-0.05, 0) is 80.2 Å². The number of amides is 8. The Bertz CT molecular complexity index is 2650. The van der Waals surface area contributed by atoms with Crippen molar-refractivity contribution in [3.8, 4) is 0 Å². The lowest BCUT2D eigenvalue weighted by Crippen LogP contribution is -2.60. The number of para-hydroxylation sites is 1. The number of thiol groups is 1. The molecule has 0 radical (unpaired) electrons. The number of carbonyl (C=O) groups is 9. The fourth-order valence-corrected chi connectivity index (χ4v) is 8.92. The Morgan fingerprint density at radius 2 is 1.05 bits per heavy atom. The van der Waals surface area contributed by atoms with Crippen LogP contribution in [0.15, 0.2) is 91.1 Å². The molecule has 0 aliphatic rings. The van der Waals surface area contributed by atoms with E-state index in [9.17, 15) is 53.4 Å². The summed E-state index contributed by atoms with van der Waals surface area (Å²) in [6.45, 7) is 8.29. The number of hydrogen-bond acceptors (Lipinski definition) is 13. The maximum atomic E-state index is 14.4. The van der Waals surface area contributed by atoms with Gasteiger partial charge in [0.2, 0.25) is 47.3 Å². The van der Waals surface area contributed by atoms with Crippen LogP contribution in [0.1, 0.15) is 83.4 Å². The Labute approximate surface area is 466 Å². The Morgan fingerprint density at radius 1 is 0.557 bits per heavy atom. The smallest absolute Gasteiger partial charge is 0.326 e. The topological polar surface area (TPSA) is 358 Å². The summed E-state index contributed by atoms with van der Waals surface area (Å²) in [6, 6.07) is 14.3. The summed E-state index contributed by atoms with van der Waals surface area (Å²) in [5.41, 5.74) is 14.4. The molecule has 8 amide bonds. The zero-order valence-corrected chi connectivity index (χ0v) is 46.4. The number of aliphatic carboxylic acids is 1. The van der Waals surface area contributed by atoms with Crippen molar-refractivity contribution < 1.29 is 53.4 Å². The van der Waals surface area contributed by atoms with Crippen LogP contribution in [0.25, 0.3) is 10.9 Å². The van der Waals surface area contributed by atoms with E-state index in [0.29, 0.717) is 42.5 Å². The number of unbranched alkanes of at least 4 members (excludes halogenated alkanes) is 1. The zero-order valence-electron chi connectivity index (χ0n) is 45.5. The average molecular weight is 1110 g/mol. The van der Waals surface area contributed by atoms with Gasteiger partial charge in [0.1, 0.15) is 42.3 Å². The van der Waals surface area contributed by atoms with Crippen molar-refractivity contribution >= 4 is 76.8 Å². The van der Waals surface area contributed by atoms with E-state index >= 15 is 0 Å². The summed E-state index contributed by atoms with van der Waals surface area (Å²) in [5, 5.41) is 42.0. The van der Waals surface area contributed by atoms with E-state index in [0.717, 1.165) is 10.9 Å². The molecule has 1 heterocycles. The van der Waals surface area contributed by atoms with Crippen LogP contribution in [0.3, 0.4) is 0 Å². The Balaban J connectivity index is 1.56. The number of fused-ring (bicyclic) bond motifs is 1. The van der Waals surface area contributed by atoms with Gasteiger partial charge in [-0.3, -0.25) is 38.4 Å². The molecule has 0 saturated carbocycles. The molecule has 79 heavy (non-hydrogen) atoms. The van der Waals surface area contributed by atoms with Crippen LogP contribution in [0, 0.1) is 11.8 Å². The lowest BCUT2D eigenvalue weighted by Gasteiger charge is -2.27. The number of aliphatic hydroxyl groups is 1. The Kier molecular flexibility index (Phi) is 26.4. The largest absolute Gasteiger partial charge is 0.480 e. The molecule has 1 aromatic heterocycles. The van der Waals surface area contributed by atoms with Gasteiger partial charge in [-0.15, -0.1) is 0 Å². The molecular weight excluding hydrogens is 1030 g/mol. The van der Waals surface area contributed by atoms with Crippen molar-refractivity contribution in [2.45, 2.75) is 140 Å². The summed E-state index contributed by atoms with van der Waals surface area (Å²) in [6.07, 6.45) is 1.54. The molecule has 0 saturated heterocycles. The molecule has 4 aromatic rings. The fraction of sp³-hybridized carbons (Fsp3) is 0.482. The van der Waals surface area contributed by atoms with E-state index in [4.69, 9.17) is 11.5 Å². The van der Waals surface area contributed by atoms with E-state index in [1.54, 1.807) is 72.9 Å². The summed E-state index contributed by atoms with van der Waals surface area (Å²) in [5.74, 6) is -7.88. The molecule has 4 rings (SSSR count). The summed E-state index contributed by atoms with van der Waals surface area (Å²) in [4.78, 5) is 126.